The number of carboxylic acid groups (broad SMARTS) is 1. The van der Waals surface area contributed by atoms with E-state index in [2.05, 4.69) is 27.8 Å². The molecule has 0 aromatic heterocycles. The minimum atomic E-state index is -1.87. The number of rotatable bonds is 19. The second kappa shape index (κ2) is 20.2. The number of aliphatic hydroxyl groups excluding tert-OH is 3. The summed E-state index contributed by atoms with van der Waals surface area (Å²) < 4.78 is 27.1. The molecule has 51 heavy (non-hydrogen) atoms. The van der Waals surface area contributed by atoms with Crippen molar-refractivity contribution in [2.24, 2.45) is 17.8 Å². The van der Waals surface area contributed by atoms with E-state index in [0.29, 0.717) is 37.3 Å². The summed E-state index contributed by atoms with van der Waals surface area (Å²) in [5.41, 5.74) is 1.04. The van der Waals surface area contributed by atoms with E-state index in [4.69, 9.17) is 23.7 Å². The van der Waals surface area contributed by atoms with E-state index in [-0.39, 0.29) is 63.2 Å². The predicted molar refractivity (Wildman–Crippen MR) is 179 cm³/mol. The number of aliphatic hydroxyl groups is 3. The molecule has 0 spiro atoms. The number of aliphatic carboxylic acids is 1. The molecule has 7 N–H and O–H groups in total. The highest BCUT2D eigenvalue weighted by Crippen LogP contribution is 2.52. The molecule has 16 nitrogen and oxygen atoms in total. The lowest BCUT2D eigenvalue weighted by atomic mass is 9.99. The van der Waals surface area contributed by atoms with Gasteiger partial charge in [-0.05, 0) is 54.7 Å². The first-order chi connectivity index (χ1) is 24.6. The highest BCUT2D eigenvalue weighted by molar-refractivity contribution is 5.92. The van der Waals surface area contributed by atoms with Gasteiger partial charge in [0.25, 0.3) is 0 Å². The van der Waals surface area contributed by atoms with Gasteiger partial charge < -0.3 is 60.1 Å². The number of benzene rings is 1. The molecule has 282 valence electrons. The first-order valence-electron chi connectivity index (χ1n) is 17.4. The standard InChI is InChI=1S/C35H49N3O13/c1-2-21-9-10-26(50-34-31(43)29(41)30(42)32(51-34)33(44)45)25(19-21)38-28(40)11-13-36-27(39)12-15-47-17-18-48-16-14-37-35(46)49-20-24-22-7-5-3-4-6-8-23(22)24/h9-10,19,22-24,29-32,34,41-43H,2,5-8,11-18,20H2,1H3,(H,36,39)(H,37,46)(H,38,40)(H,44,45)/t22-,23+,24?,29-,30-,31+,32-,34+/m0/s1. The van der Waals surface area contributed by atoms with Gasteiger partial charge in [-0.1, -0.05) is 13.0 Å². The summed E-state index contributed by atoms with van der Waals surface area (Å²) in [6.07, 6.45) is -4.84. The quantitative estimate of drug-likeness (QED) is 0.0766. The number of alkyl carbamates (subject to hydrolysis) is 1. The molecular formula is C35H49N3O13. The Labute approximate surface area is 296 Å². The molecule has 4 rings (SSSR count). The Morgan fingerprint density at radius 3 is 2.25 bits per heavy atom. The zero-order chi connectivity index (χ0) is 36.8. The average Bonchev–Trinajstić information content (AvgIpc) is 3.75. The van der Waals surface area contributed by atoms with Crippen LogP contribution in [0.4, 0.5) is 10.5 Å². The third kappa shape index (κ3) is 12.3. The van der Waals surface area contributed by atoms with Crippen LogP contribution in [0, 0.1) is 29.6 Å². The van der Waals surface area contributed by atoms with Crippen molar-refractivity contribution >= 4 is 29.6 Å². The molecule has 3 amide bonds. The number of anilines is 1. The molecule has 16 heteroatoms. The van der Waals surface area contributed by atoms with Gasteiger partial charge in [0.15, 0.2) is 6.10 Å². The lowest BCUT2D eigenvalue weighted by Gasteiger charge is -2.38. The SMILES string of the molecule is CCc1ccc(O[C@@H]2O[C@H](C(=O)O)[C@@H](O)[C@H](O)[C@H]2O)c(NC(=O)CCNC(=O)CCOCCOCCNC(=O)OCC2[C@H]3CCC#CCC[C@@H]23)c1. The van der Waals surface area contributed by atoms with Crippen LogP contribution in [-0.4, -0.2) is 121 Å². The summed E-state index contributed by atoms with van der Waals surface area (Å²) in [6.45, 7) is 3.66. The molecule has 1 aliphatic heterocycles. The van der Waals surface area contributed by atoms with E-state index in [9.17, 15) is 39.6 Å². The monoisotopic (exact) mass is 719 g/mol. The van der Waals surface area contributed by atoms with Gasteiger partial charge in [-0.2, -0.15) is 0 Å². The number of hydrogen-bond acceptors (Lipinski definition) is 12. The Kier molecular flexibility index (Phi) is 15.7. The van der Waals surface area contributed by atoms with Crippen LogP contribution in [0.25, 0.3) is 0 Å². The molecule has 2 aliphatic carbocycles. The van der Waals surface area contributed by atoms with E-state index < -0.39 is 48.7 Å². The first-order valence-corrected chi connectivity index (χ1v) is 17.4. The third-order valence-electron chi connectivity index (χ3n) is 9.06. The van der Waals surface area contributed by atoms with Gasteiger partial charge in [0.05, 0.1) is 38.7 Å². The van der Waals surface area contributed by atoms with Crippen LogP contribution in [0.1, 0.15) is 51.0 Å². The van der Waals surface area contributed by atoms with Gasteiger partial charge in [0.2, 0.25) is 18.1 Å². The van der Waals surface area contributed by atoms with Crippen LogP contribution in [0.5, 0.6) is 5.75 Å². The summed E-state index contributed by atoms with van der Waals surface area (Å²) in [5, 5.41) is 47.6. The van der Waals surface area contributed by atoms with Crippen LogP contribution in [-0.2, 0) is 39.8 Å². The van der Waals surface area contributed by atoms with Crippen molar-refractivity contribution in [2.75, 3.05) is 51.4 Å². The van der Waals surface area contributed by atoms with Gasteiger partial charge >= 0.3 is 12.1 Å². The number of nitrogens with one attached hydrogen (secondary N) is 3. The zero-order valence-electron chi connectivity index (χ0n) is 28.7. The molecule has 2 fully saturated rings. The smallest absolute Gasteiger partial charge is 0.407 e. The van der Waals surface area contributed by atoms with E-state index >= 15 is 0 Å². The molecule has 3 aliphatic rings. The molecule has 1 aromatic rings. The number of amides is 3. The van der Waals surface area contributed by atoms with Gasteiger partial charge in [0.1, 0.15) is 24.1 Å². The van der Waals surface area contributed by atoms with Crippen LogP contribution in [0.3, 0.4) is 0 Å². The number of hydrogen-bond donors (Lipinski definition) is 7. The number of carboxylic acids is 1. The maximum atomic E-state index is 12.7. The minimum Gasteiger partial charge on any atom is -0.479 e. The van der Waals surface area contributed by atoms with Crippen LogP contribution in [0.2, 0.25) is 0 Å². The molecule has 1 saturated heterocycles. The van der Waals surface area contributed by atoms with Crippen molar-refractivity contribution in [3.05, 3.63) is 23.8 Å². The summed E-state index contributed by atoms with van der Waals surface area (Å²) in [4.78, 5) is 48.3. The molecular weight excluding hydrogens is 670 g/mol. The Morgan fingerprint density at radius 1 is 0.863 bits per heavy atom. The molecule has 0 radical (unpaired) electrons. The summed E-state index contributed by atoms with van der Waals surface area (Å²) in [6, 6.07) is 4.82. The van der Waals surface area contributed by atoms with Crippen molar-refractivity contribution in [3.8, 4) is 17.6 Å². The van der Waals surface area contributed by atoms with E-state index in [1.165, 1.54) is 6.07 Å². The number of carbonyl (C=O) groups excluding carboxylic acids is 3. The van der Waals surface area contributed by atoms with Gasteiger partial charge in [0, 0.05) is 38.8 Å². The number of ether oxygens (including phenoxy) is 5. The highest BCUT2D eigenvalue weighted by atomic mass is 16.7. The Balaban J connectivity index is 1.04. The van der Waals surface area contributed by atoms with Crippen LogP contribution < -0.4 is 20.7 Å². The number of fused-ring (bicyclic) bond motifs is 1. The van der Waals surface area contributed by atoms with Gasteiger partial charge in [-0.25, -0.2) is 9.59 Å². The lowest BCUT2D eigenvalue weighted by Crippen LogP contribution is -2.61. The fourth-order valence-corrected chi connectivity index (χ4v) is 6.11. The van der Waals surface area contributed by atoms with E-state index in [1.807, 2.05) is 6.92 Å². The van der Waals surface area contributed by atoms with Gasteiger partial charge in [-0.3, -0.25) is 9.59 Å². The summed E-state index contributed by atoms with van der Waals surface area (Å²) in [7, 11) is 0. The van der Waals surface area contributed by atoms with Gasteiger partial charge in [-0.15, -0.1) is 11.8 Å². The van der Waals surface area contributed by atoms with Crippen molar-refractivity contribution in [1.82, 2.24) is 10.6 Å². The van der Waals surface area contributed by atoms with E-state index in [1.54, 1.807) is 12.1 Å². The Hall–Kier alpha value is -3.98. The lowest BCUT2D eigenvalue weighted by molar-refractivity contribution is -0.271. The van der Waals surface area contributed by atoms with Crippen LogP contribution in [0.15, 0.2) is 18.2 Å². The predicted octanol–water partition coefficient (Wildman–Crippen LogP) is 0.554. The maximum Gasteiger partial charge on any atom is 0.407 e. The molecule has 1 aromatic carbocycles. The summed E-state index contributed by atoms with van der Waals surface area (Å²) in [5.74, 6) is 5.72. The van der Waals surface area contributed by atoms with Crippen molar-refractivity contribution in [2.45, 2.75) is 82.6 Å². The van der Waals surface area contributed by atoms with Crippen molar-refractivity contribution < 1.29 is 63.3 Å². The molecule has 1 unspecified atom stereocenters. The zero-order valence-corrected chi connectivity index (χ0v) is 28.7. The first kappa shape index (κ1) is 39.8. The number of carbonyl (C=O) groups is 4. The second-order valence-electron chi connectivity index (χ2n) is 12.6. The van der Waals surface area contributed by atoms with Crippen LogP contribution >= 0.6 is 0 Å². The Morgan fingerprint density at radius 2 is 1.57 bits per heavy atom. The third-order valence-corrected chi connectivity index (χ3v) is 9.06. The molecule has 8 atom stereocenters. The molecule has 1 saturated carbocycles. The van der Waals surface area contributed by atoms with Crippen molar-refractivity contribution in [3.63, 3.8) is 0 Å². The Bertz CT molecular complexity index is 1380. The largest absolute Gasteiger partial charge is 0.479 e. The minimum absolute atomic E-state index is 0.0318. The van der Waals surface area contributed by atoms with E-state index in [0.717, 1.165) is 31.2 Å². The second-order valence-corrected chi connectivity index (χ2v) is 12.6. The highest BCUT2D eigenvalue weighted by Gasteiger charge is 2.49. The average molecular weight is 720 g/mol. The molecule has 1 heterocycles. The fourth-order valence-electron chi connectivity index (χ4n) is 6.11. The topological polar surface area (TPSA) is 231 Å². The van der Waals surface area contributed by atoms with Crippen molar-refractivity contribution in [1.29, 1.82) is 0 Å². The summed E-state index contributed by atoms with van der Waals surface area (Å²) >= 11 is 0. The molecule has 0 bridgehead atoms. The maximum absolute atomic E-state index is 12.7. The normalized spacial score (nSPS) is 26.6. The number of aryl methyl sites for hydroxylation is 1. The fraction of sp³-hybridized carbons (Fsp3) is 0.657.